The Bertz CT molecular complexity index is 309. The number of carboxylic acid groups (broad SMARTS) is 1. The highest BCUT2D eigenvalue weighted by molar-refractivity contribution is 7.07. The van der Waals surface area contributed by atoms with Crippen LogP contribution < -0.4 is 5.32 Å². The first-order valence-corrected chi connectivity index (χ1v) is 6.48. The predicted molar refractivity (Wildman–Crippen MR) is 66.6 cm³/mol. The highest BCUT2D eigenvalue weighted by atomic mass is 32.1. The Hall–Kier alpha value is -0.870. The molecule has 0 saturated carbocycles. The smallest absolute Gasteiger partial charge is 0.307 e. The summed E-state index contributed by atoms with van der Waals surface area (Å²) in [4.78, 5) is 11.0. The van der Waals surface area contributed by atoms with E-state index < -0.39 is 5.97 Å². The molecule has 0 aromatic carbocycles. The molecule has 0 fully saturated rings. The summed E-state index contributed by atoms with van der Waals surface area (Å²) in [5.41, 5.74) is 1.22. The van der Waals surface area contributed by atoms with Crippen molar-refractivity contribution in [1.29, 1.82) is 0 Å². The first kappa shape index (κ1) is 13.2. The molecule has 0 amide bonds. The molecule has 1 rings (SSSR count). The third kappa shape index (κ3) is 4.77. The summed E-state index contributed by atoms with van der Waals surface area (Å²) >= 11 is 1.66. The van der Waals surface area contributed by atoms with Crippen LogP contribution in [0, 0.1) is 11.8 Å². The van der Waals surface area contributed by atoms with Gasteiger partial charge in [0.05, 0.1) is 5.92 Å². The third-order valence-corrected chi connectivity index (χ3v) is 3.14. The van der Waals surface area contributed by atoms with Gasteiger partial charge in [-0.2, -0.15) is 11.3 Å². The van der Waals surface area contributed by atoms with Crippen molar-refractivity contribution in [3.63, 3.8) is 0 Å². The number of hydrogen-bond donors (Lipinski definition) is 2. The van der Waals surface area contributed by atoms with Gasteiger partial charge in [0.25, 0.3) is 0 Å². The van der Waals surface area contributed by atoms with Crippen LogP contribution in [0.5, 0.6) is 0 Å². The molecule has 1 unspecified atom stereocenters. The topological polar surface area (TPSA) is 49.3 Å². The van der Waals surface area contributed by atoms with Crippen molar-refractivity contribution in [3.8, 4) is 0 Å². The minimum absolute atomic E-state index is 0.279. The lowest BCUT2D eigenvalue weighted by atomic mass is 9.97. The molecule has 4 heteroatoms. The summed E-state index contributed by atoms with van der Waals surface area (Å²) in [5, 5.41) is 16.3. The van der Waals surface area contributed by atoms with E-state index >= 15 is 0 Å². The zero-order valence-corrected chi connectivity index (χ0v) is 10.6. The maximum Gasteiger partial charge on any atom is 0.307 e. The van der Waals surface area contributed by atoms with E-state index in [1.165, 1.54) is 5.56 Å². The van der Waals surface area contributed by atoms with E-state index in [0.29, 0.717) is 12.5 Å². The maximum atomic E-state index is 11.0. The molecule has 90 valence electrons. The van der Waals surface area contributed by atoms with E-state index in [0.717, 1.165) is 13.0 Å². The fourth-order valence-corrected chi connectivity index (χ4v) is 2.29. The van der Waals surface area contributed by atoms with Crippen molar-refractivity contribution in [2.75, 3.05) is 6.54 Å². The van der Waals surface area contributed by atoms with Gasteiger partial charge < -0.3 is 10.4 Å². The van der Waals surface area contributed by atoms with Crippen LogP contribution in [0.1, 0.15) is 25.8 Å². The molecule has 0 spiro atoms. The van der Waals surface area contributed by atoms with Crippen LogP contribution in [-0.2, 0) is 11.3 Å². The molecule has 0 aliphatic carbocycles. The minimum atomic E-state index is -0.702. The Labute approximate surface area is 100 Å². The number of rotatable bonds is 7. The van der Waals surface area contributed by atoms with E-state index in [9.17, 15) is 4.79 Å². The standard InChI is InChI=1S/C12H19NO2S/c1-9(2)5-11(12(14)15)7-13-6-10-3-4-16-8-10/h3-4,8-9,11,13H,5-7H2,1-2H3,(H,14,15). The Morgan fingerprint density at radius 3 is 2.81 bits per heavy atom. The fraction of sp³-hybridized carbons (Fsp3) is 0.583. The molecular formula is C12H19NO2S. The van der Waals surface area contributed by atoms with Gasteiger partial charge in [0.2, 0.25) is 0 Å². The van der Waals surface area contributed by atoms with E-state index in [2.05, 4.69) is 30.6 Å². The van der Waals surface area contributed by atoms with Gasteiger partial charge in [-0.3, -0.25) is 4.79 Å². The summed E-state index contributed by atoms with van der Waals surface area (Å²) in [6.45, 7) is 5.40. The highest BCUT2D eigenvalue weighted by Gasteiger charge is 2.18. The largest absolute Gasteiger partial charge is 0.481 e. The molecule has 0 radical (unpaired) electrons. The predicted octanol–water partition coefficient (Wildman–Crippen LogP) is 2.58. The molecule has 1 atom stereocenters. The lowest BCUT2D eigenvalue weighted by Gasteiger charge is -2.15. The molecule has 2 N–H and O–H groups in total. The van der Waals surface area contributed by atoms with Crippen LogP contribution in [0.2, 0.25) is 0 Å². The Morgan fingerprint density at radius 2 is 2.31 bits per heavy atom. The monoisotopic (exact) mass is 241 g/mol. The fourth-order valence-electron chi connectivity index (χ4n) is 1.62. The van der Waals surface area contributed by atoms with Crippen molar-refractivity contribution in [2.45, 2.75) is 26.8 Å². The van der Waals surface area contributed by atoms with Gasteiger partial charge in [-0.15, -0.1) is 0 Å². The molecule has 0 bridgehead atoms. The molecule has 1 aromatic heterocycles. The average molecular weight is 241 g/mol. The lowest BCUT2D eigenvalue weighted by Crippen LogP contribution is -2.29. The van der Waals surface area contributed by atoms with Gasteiger partial charge in [-0.1, -0.05) is 13.8 Å². The summed E-state index contributed by atoms with van der Waals surface area (Å²) in [6, 6.07) is 2.05. The number of aliphatic carboxylic acids is 1. The molecular weight excluding hydrogens is 222 g/mol. The number of carbonyl (C=O) groups is 1. The van der Waals surface area contributed by atoms with Gasteiger partial charge in [-0.05, 0) is 34.7 Å². The second kappa shape index (κ2) is 6.66. The Kier molecular flexibility index (Phi) is 5.49. The van der Waals surface area contributed by atoms with E-state index in [1.807, 2.05) is 5.38 Å². The molecule has 0 aliphatic rings. The second-order valence-corrected chi connectivity index (χ2v) is 5.21. The van der Waals surface area contributed by atoms with E-state index in [-0.39, 0.29) is 5.92 Å². The van der Waals surface area contributed by atoms with Crippen LogP contribution >= 0.6 is 11.3 Å². The van der Waals surface area contributed by atoms with Crippen molar-refractivity contribution < 1.29 is 9.90 Å². The van der Waals surface area contributed by atoms with Gasteiger partial charge in [0, 0.05) is 13.1 Å². The SMILES string of the molecule is CC(C)CC(CNCc1ccsc1)C(=O)O. The molecule has 0 aliphatic heterocycles. The number of nitrogens with one attached hydrogen (secondary N) is 1. The van der Waals surface area contributed by atoms with Gasteiger partial charge in [0.15, 0.2) is 0 Å². The Balaban J connectivity index is 2.30. The zero-order valence-electron chi connectivity index (χ0n) is 9.77. The zero-order chi connectivity index (χ0) is 12.0. The van der Waals surface area contributed by atoms with Crippen molar-refractivity contribution in [2.24, 2.45) is 11.8 Å². The van der Waals surface area contributed by atoms with Crippen molar-refractivity contribution in [3.05, 3.63) is 22.4 Å². The second-order valence-electron chi connectivity index (χ2n) is 4.43. The molecule has 1 heterocycles. The maximum absolute atomic E-state index is 11.0. The third-order valence-electron chi connectivity index (χ3n) is 2.41. The van der Waals surface area contributed by atoms with Crippen LogP contribution in [0.25, 0.3) is 0 Å². The lowest BCUT2D eigenvalue weighted by molar-refractivity contribution is -0.142. The van der Waals surface area contributed by atoms with E-state index in [1.54, 1.807) is 11.3 Å². The minimum Gasteiger partial charge on any atom is -0.481 e. The molecule has 16 heavy (non-hydrogen) atoms. The van der Waals surface area contributed by atoms with Gasteiger partial charge in [-0.25, -0.2) is 0 Å². The van der Waals surface area contributed by atoms with Crippen molar-refractivity contribution >= 4 is 17.3 Å². The van der Waals surface area contributed by atoms with Crippen LogP contribution in [0.3, 0.4) is 0 Å². The first-order chi connectivity index (χ1) is 7.59. The van der Waals surface area contributed by atoms with E-state index in [4.69, 9.17) is 5.11 Å². The van der Waals surface area contributed by atoms with Gasteiger partial charge >= 0.3 is 5.97 Å². The first-order valence-electron chi connectivity index (χ1n) is 5.54. The summed E-state index contributed by atoms with van der Waals surface area (Å²) in [5.74, 6) is -0.561. The highest BCUT2D eigenvalue weighted by Crippen LogP contribution is 2.11. The normalized spacial score (nSPS) is 12.9. The molecule has 0 saturated heterocycles. The number of thiophene rings is 1. The summed E-state index contributed by atoms with van der Waals surface area (Å²) < 4.78 is 0. The number of hydrogen-bond acceptors (Lipinski definition) is 3. The summed E-state index contributed by atoms with van der Waals surface area (Å²) in [7, 11) is 0. The van der Waals surface area contributed by atoms with Crippen molar-refractivity contribution in [1.82, 2.24) is 5.32 Å². The molecule has 3 nitrogen and oxygen atoms in total. The van der Waals surface area contributed by atoms with Crippen LogP contribution in [0.15, 0.2) is 16.8 Å². The quantitative estimate of drug-likeness (QED) is 0.771. The van der Waals surface area contributed by atoms with Crippen LogP contribution in [0.4, 0.5) is 0 Å². The Morgan fingerprint density at radius 1 is 1.56 bits per heavy atom. The molecule has 1 aromatic rings. The summed E-state index contributed by atoms with van der Waals surface area (Å²) in [6.07, 6.45) is 0.728. The number of carboxylic acids is 1. The van der Waals surface area contributed by atoms with Gasteiger partial charge in [0.1, 0.15) is 0 Å². The average Bonchev–Trinajstić information content (AvgIpc) is 2.68. The van der Waals surface area contributed by atoms with Crippen LogP contribution in [-0.4, -0.2) is 17.6 Å².